The normalized spacial score (nSPS) is 22.2. The number of ketones is 1. The molecule has 0 bridgehead atoms. The van der Waals surface area contributed by atoms with Crippen LogP contribution in [0.5, 0.6) is 0 Å². The van der Waals surface area contributed by atoms with E-state index in [0.29, 0.717) is 13.0 Å². The Kier molecular flexibility index (Phi) is 2.81. The maximum Gasteiger partial charge on any atom is 0.320 e. The first-order valence-electron chi connectivity index (χ1n) is 4.10. The largest absolute Gasteiger partial charge is 0.480 e. The monoisotopic (exact) mass is 171 g/mol. The molecule has 68 valence electrons. The number of carbonyl (C=O) groups is 2. The van der Waals surface area contributed by atoms with Gasteiger partial charge in [0.05, 0.1) is 6.54 Å². The van der Waals surface area contributed by atoms with Gasteiger partial charge in [0.1, 0.15) is 11.8 Å². The van der Waals surface area contributed by atoms with Crippen molar-refractivity contribution >= 4 is 11.8 Å². The lowest BCUT2D eigenvalue weighted by Gasteiger charge is -2.28. The van der Waals surface area contributed by atoms with E-state index < -0.39 is 12.0 Å². The highest BCUT2D eigenvalue weighted by atomic mass is 16.4. The van der Waals surface area contributed by atoms with Crippen molar-refractivity contribution in [1.82, 2.24) is 4.90 Å². The molecule has 0 aromatic carbocycles. The van der Waals surface area contributed by atoms with Crippen LogP contribution in [-0.4, -0.2) is 40.9 Å². The molecular formula is C8H13NO3. The Morgan fingerprint density at radius 1 is 1.67 bits per heavy atom. The fraction of sp³-hybridized carbons (Fsp3) is 0.750. The van der Waals surface area contributed by atoms with E-state index in [9.17, 15) is 9.59 Å². The molecule has 0 amide bonds. The Bertz CT molecular complexity index is 200. The molecule has 4 heteroatoms. The van der Waals surface area contributed by atoms with Gasteiger partial charge in [-0.3, -0.25) is 14.5 Å². The van der Waals surface area contributed by atoms with Crippen molar-refractivity contribution in [2.24, 2.45) is 0 Å². The number of piperidine rings is 1. The van der Waals surface area contributed by atoms with Gasteiger partial charge in [-0.15, -0.1) is 0 Å². The number of carboxylic acids is 1. The molecule has 0 aliphatic carbocycles. The summed E-state index contributed by atoms with van der Waals surface area (Å²) >= 11 is 0. The first kappa shape index (κ1) is 9.19. The van der Waals surface area contributed by atoms with Crippen molar-refractivity contribution < 1.29 is 14.7 Å². The summed E-state index contributed by atoms with van der Waals surface area (Å²) in [6, 6.07) is -0.533. The molecule has 0 aromatic rings. The van der Waals surface area contributed by atoms with Crippen molar-refractivity contribution in [2.75, 3.05) is 13.1 Å². The fourth-order valence-electron chi connectivity index (χ4n) is 1.35. The van der Waals surface area contributed by atoms with Gasteiger partial charge in [0, 0.05) is 6.42 Å². The lowest BCUT2D eigenvalue weighted by Crippen LogP contribution is -2.45. The second-order valence-electron chi connectivity index (χ2n) is 3.13. The average molecular weight is 171 g/mol. The zero-order valence-corrected chi connectivity index (χ0v) is 7.12. The maximum absolute atomic E-state index is 11.0. The van der Waals surface area contributed by atoms with Crippen molar-refractivity contribution in [1.29, 1.82) is 0 Å². The molecule has 1 heterocycles. The van der Waals surface area contributed by atoms with E-state index in [2.05, 4.69) is 0 Å². The highest BCUT2D eigenvalue weighted by molar-refractivity contribution is 5.82. The van der Waals surface area contributed by atoms with Gasteiger partial charge < -0.3 is 5.11 Å². The molecule has 1 N–H and O–H groups in total. The predicted molar refractivity (Wildman–Crippen MR) is 42.9 cm³/mol. The maximum atomic E-state index is 11.0. The quantitative estimate of drug-likeness (QED) is 0.641. The number of nitrogens with zero attached hydrogens (tertiary/aromatic N) is 1. The summed E-state index contributed by atoms with van der Waals surface area (Å²) in [7, 11) is 0. The molecule has 1 saturated heterocycles. The van der Waals surface area contributed by atoms with Crippen molar-refractivity contribution in [3.05, 3.63) is 0 Å². The van der Waals surface area contributed by atoms with Gasteiger partial charge >= 0.3 is 5.97 Å². The van der Waals surface area contributed by atoms with Crippen LogP contribution in [0.15, 0.2) is 0 Å². The lowest BCUT2D eigenvalue weighted by molar-refractivity contribution is -0.143. The number of Topliss-reactive ketones (excluding diaryl/α,β-unsaturated/α-hetero) is 1. The zero-order chi connectivity index (χ0) is 9.14. The topological polar surface area (TPSA) is 57.6 Å². The molecular weight excluding hydrogens is 158 g/mol. The third kappa shape index (κ3) is 2.04. The van der Waals surface area contributed by atoms with Gasteiger partial charge in [0.2, 0.25) is 0 Å². The molecule has 1 atom stereocenters. The van der Waals surface area contributed by atoms with Gasteiger partial charge in [-0.2, -0.15) is 0 Å². The number of aliphatic carboxylic acids is 1. The number of rotatable bonds is 2. The molecule has 0 saturated carbocycles. The minimum atomic E-state index is -0.857. The average Bonchev–Trinajstić information content (AvgIpc) is 2.03. The van der Waals surface area contributed by atoms with E-state index in [1.165, 1.54) is 0 Å². The van der Waals surface area contributed by atoms with Crippen LogP contribution in [0.4, 0.5) is 0 Å². The number of carboxylic acid groups (broad SMARTS) is 1. The number of hydrogen-bond donors (Lipinski definition) is 1. The molecule has 4 nitrogen and oxygen atoms in total. The minimum absolute atomic E-state index is 0.148. The van der Waals surface area contributed by atoms with E-state index >= 15 is 0 Å². The Balaban J connectivity index is 2.51. The van der Waals surface area contributed by atoms with Crippen molar-refractivity contribution in [3.63, 3.8) is 0 Å². The van der Waals surface area contributed by atoms with Crippen LogP contribution in [0.3, 0.4) is 0 Å². The van der Waals surface area contributed by atoms with Crippen LogP contribution in [0.2, 0.25) is 0 Å². The summed E-state index contributed by atoms with van der Waals surface area (Å²) in [6.45, 7) is 2.63. The minimum Gasteiger partial charge on any atom is -0.480 e. The van der Waals surface area contributed by atoms with Gasteiger partial charge in [0.25, 0.3) is 0 Å². The number of hydrogen-bond acceptors (Lipinski definition) is 3. The van der Waals surface area contributed by atoms with E-state index in [4.69, 9.17) is 5.11 Å². The van der Waals surface area contributed by atoms with Crippen LogP contribution < -0.4 is 0 Å². The van der Waals surface area contributed by atoms with Gasteiger partial charge in [-0.1, -0.05) is 0 Å². The lowest BCUT2D eigenvalue weighted by atomic mass is 10.1. The molecule has 0 radical (unpaired) electrons. The highest BCUT2D eigenvalue weighted by Gasteiger charge is 2.25. The molecule has 0 spiro atoms. The molecule has 12 heavy (non-hydrogen) atoms. The summed E-state index contributed by atoms with van der Waals surface area (Å²) in [5, 5.41) is 8.67. The van der Waals surface area contributed by atoms with Crippen molar-refractivity contribution in [3.8, 4) is 0 Å². The van der Waals surface area contributed by atoms with Crippen LogP contribution >= 0.6 is 0 Å². The summed E-state index contributed by atoms with van der Waals surface area (Å²) in [5.41, 5.74) is 0. The number of likely N-dealkylation sites (tertiary alicyclic amines) is 1. The van der Waals surface area contributed by atoms with E-state index in [1.54, 1.807) is 11.8 Å². The van der Waals surface area contributed by atoms with Crippen molar-refractivity contribution in [2.45, 2.75) is 25.8 Å². The van der Waals surface area contributed by atoms with Crippen LogP contribution in [0, 0.1) is 0 Å². The van der Waals surface area contributed by atoms with E-state index in [0.717, 1.165) is 13.0 Å². The molecule has 1 aliphatic heterocycles. The third-order valence-corrected chi connectivity index (χ3v) is 2.19. The molecule has 1 rings (SSSR count). The van der Waals surface area contributed by atoms with Crippen LogP contribution in [-0.2, 0) is 9.59 Å². The van der Waals surface area contributed by atoms with Gasteiger partial charge in [-0.25, -0.2) is 0 Å². The Hall–Kier alpha value is -0.900. The van der Waals surface area contributed by atoms with E-state index in [1.807, 2.05) is 0 Å². The third-order valence-electron chi connectivity index (χ3n) is 2.19. The zero-order valence-electron chi connectivity index (χ0n) is 7.12. The predicted octanol–water partition coefficient (Wildman–Crippen LogP) is 0.124. The molecule has 1 unspecified atom stereocenters. The molecule has 1 fully saturated rings. The summed E-state index contributed by atoms with van der Waals surface area (Å²) in [6.07, 6.45) is 1.39. The van der Waals surface area contributed by atoms with Crippen LogP contribution in [0.1, 0.15) is 19.8 Å². The fourth-order valence-corrected chi connectivity index (χ4v) is 1.35. The SMILES string of the molecule is CC(C(=O)O)N1CCCC(=O)C1. The first-order valence-corrected chi connectivity index (χ1v) is 4.10. The Labute approximate surface area is 71.2 Å². The molecule has 0 aromatic heterocycles. The van der Waals surface area contributed by atoms with E-state index in [-0.39, 0.29) is 5.78 Å². The Morgan fingerprint density at radius 3 is 2.83 bits per heavy atom. The summed E-state index contributed by atoms with van der Waals surface area (Å²) < 4.78 is 0. The second-order valence-corrected chi connectivity index (χ2v) is 3.13. The number of carbonyl (C=O) groups excluding carboxylic acids is 1. The van der Waals surface area contributed by atoms with Crippen LogP contribution in [0.25, 0.3) is 0 Å². The first-order chi connectivity index (χ1) is 5.61. The van der Waals surface area contributed by atoms with Gasteiger partial charge in [-0.05, 0) is 19.9 Å². The van der Waals surface area contributed by atoms with Gasteiger partial charge in [0.15, 0.2) is 0 Å². The Morgan fingerprint density at radius 2 is 2.33 bits per heavy atom. The molecule has 1 aliphatic rings. The highest BCUT2D eigenvalue weighted by Crippen LogP contribution is 2.09. The smallest absolute Gasteiger partial charge is 0.320 e. The summed E-state index contributed by atoms with van der Waals surface area (Å²) in [5.74, 6) is -0.709. The second kappa shape index (κ2) is 3.67. The standard InChI is InChI=1S/C8H13NO3/c1-6(8(11)12)9-4-2-3-7(10)5-9/h6H,2-5H2,1H3,(H,11,12). The summed E-state index contributed by atoms with van der Waals surface area (Å²) in [4.78, 5) is 23.2.